The average Bonchev–Trinajstić information content (AvgIpc) is 3.00. The number of amides is 1. The molecule has 116 valence electrons. The van der Waals surface area contributed by atoms with E-state index >= 15 is 0 Å². The molecule has 3 rings (SSSR count). The zero-order valence-electron chi connectivity index (χ0n) is 12.9. The lowest BCUT2D eigenvalue weighted by Crippen LogP contribution is -2.15. The van der Waals surface area contributed by atoms with Gasteiger partial charge >= 0.3 is 0 Å². The molecular formula is C17H16N4O2. The van der Waals surface area contributed by atoms with E-state index in [1.54, 1.807) is 25.3 Å². The van der Waals surface area contributed by atoms with Gasteiger partial charge < -0.3 is 14.7 Å². The summed E-state index contributed by atoms with van der Waals surface area (Å²) in [6.45, 7) is 1.76. The summed E-state index contributed by atoms with van der Waals surface area (Å²) in [5.74, 6) is 0.736. The van der Waals surface area contributed by atoms with Crippen LogP contribution in [0, 0.1) is 6.92 Å². The maximum absolute atomic E-state index is 12.3. The van der Waals surface area contributed by atoms with Crippen molar-refractivity contribution in [2.75, 3.05) is 17.3 Å². The van der Waals surface area contributed by atoms with Crippen LogP contribution < -0.4 is 10.2 Å². The second-order valence-corrected chi connectivity index (χ2v) is 5.10. The first-order valence-corrected chi connectivity index (χ1v) is 7.12. The molecule has 0 radical (unpaired) electrons. The molecule has 0 aliphatic heterocycles. The van der Waals surface area contributed by atoms with Crippen LogP contribution in [0.3, 0.4) is 0 Å². The highest BCUT2D eigenvalue weighted by Crippen LogP contribution is 2.23. The zero-order valence-corrected chi connectivity index (χ0v) is 12.9. The Kier molecular flexibility index (Phi) is 4.05. The third kappa shape index (κ3) is 3.37. The first kappa shape index (κ1) is 14.8. The molecule has 1 N–H and O–H groups in total. The molecule has 0 saturated heterocycles. The first-order chi connectivity index (χ1) is 11.1. The molecule has 0 aliphatic rings. The van der Waals surface area contributed by atoms with E-state index in [4.69, 9.17) is 4.52 Å². The van der Waals surface area contributed by atoms with E-state index in [0.717, 1.165) is 11.4 Å². The molecule has 0 spiro atoms. The fraction of sp³-hybridized carbons (Fsp3) is 0.118. The second kappa shape index (κ2) is 6.31. The fourth-order valence-corrected chi connectivity index (χ4v) is 2.15. The van der Waals surface area contributed by atoms with Gasteiger partial charge in [0.15, 0.2) is 5.82 Å². The minimum absolute atomic E-state index is 0.283. The number of aromatic nitrogens is 2. The highest BCUT2D eigenvalue weighted by molar-refractivity contribution is 6.04. The van der Waals surface area contributed by atoms with E-state index in [2.05, 4.69) is 15.5 Å². The van der Waals surface area contributed by atoms with Crippen molar-refractivity contribution in [3.63, 3.8) is 0 Å². The number of nitrogens with zero attached hydrogens (tertiary/aromatic N) is 3. The minimum atomic E-state index is -0.283. The third-order valence-electron chi connectivity index (χ3n) is 3.39. The van der Waals surface area contributed by atoms with Gasteiger partial charge in [0.05, 0.1) is 17.4 Å². The van der Waals surface area contributed by atoms with Crippen molar-refractivity contribution in [3.8, 4) is 0 Å². The van der Waals surface area contributed by atoms with Crippen molar-refractivity contribution in [3.05, 3.63) is 66.2 Å². The van der Waals surface area contributed by atoms with Crippen LogP contribution in [0.4, 0.5) is 17.2 Å². The predicted molar refractivity (Wildman–Crippen MR) is 87.9 cm³/mol. The number of hydrogen-bond donors (Lipinski definition) is 1. The van der Waals surface area contributed by atoms with Crippen LogP contribution in [0.2, 0.25) is 0 Å². The number of nitrogens with one attached hydrogen (secondary N) is 1. The van der Waals surface area contributed by atoms with Gasteiger partial charge in [0, 0.05) is 25.0 Å². The van der Waals surface area contributed by atoms with Crippen molar-refractivity contribution >= 4 is 23.1 Å². The molecule has 0 bridgehead atoms. The summed E-state index contributed by atoms with van der Waals surface area (Å²) in [7, 11) is 1.93. The highest BCUT2D eigenvalue weighted by atomic mass is 16.5. The molecule has 1 amide bonds. The quantitative estimate of drug-likeness (QED) is 0.800. The summed E-state index contributed by atoms with van der Waals surface area (Å²) < 4.78 is 4.93. The zero-order chi connectivity index (χ0) is 16.2. The largest absolute Gasteiger partial charge is 0.360 e. The Morgan fingerprint density at radius 3 is 2.61 bits per heavy atom. The molecule has 0 atom stereocenters. The van der Waals surface area contributed by atoms with Crippen molar-refractivity contribution in [1.82, 2.24) is 10.1 Å². The molecular weight excluding hydrogens is 292 g/mol. The Hall–Kier alpha value is -3.15. The topological polar surface area (TPSA) is 71.3 Å². The molecule has 1 aromatic carbocycles. The maximum Gasteiger partial charge on any atom is 0.258 e. The fourth-order valence-electron chi connectivity index (χ4n) is 2.15. The first-order valence-electron chi connectivity index (χ1n) is 7.12. The summed E-state index contributed by atoms with van der Waals surface area (Å²) in [5, 5.41) is 6.43. The Labute approximate surface area is 133 Å². The molecule has 0 fully saturated rings. The minimum Gasteiger partial charge on any atom is -0.360 e. The van der Waals surface area contributed by atoms with Gasteiger partial charge in [-0.3, -0.25) is 9.78 Å². The number of rotatable bonds is 4. The van der Waals surface area contributed by atoms with Gasteiger partial charge in [-0.2, -0.15) is 0 Å². The summed E-state index contributed by atoms with van der Waals surface area (Å²) >= 11 is 0. The van der Waals surface area contributed by atoms with Crippen LogP contribution in [0.25, 0.3) is 0 Å². The summed E-state index contributed by atoms with van der Waals surface area (Å²) in [6.07, 6.45) is 3.23. The predicted octanol–water partition coefficient (Wildman–Crippen LogP) is 3.40. The van der Waals surface area contributed by atoms with Crippen LogP contribution in [0.15, 0.2) is 59.4 Å². The molecule has 2 aromatic heterocycles. The average molecular weight is 308 g/mol. The third-order valence-corrected chi connectivity index (χ3v) is 3.39. The van der Waals surface area contributed by atoms with E-state index in [1.165, 1.54) is 6.20 Å². The van der Waals surface area contributed by atoms with Gasteiger partial charge in [-0.1, -0.05) is 23.4 Å². The highest BCUT2D eigenvalue weighted by Gasteiger charge is 2.12. The SMILES string of the molecule is Cc1cc(NC(=O)c2cncc(N(C)c3ccccc3)c2)no1. The molecule has 0 unspecified atom stereocenters. The van der Waals surface area contributed by atoms with Crippen molar-refractivity contribution < 1.29 is 9.32 Å². The normalized spacial score (nSPS) is 10.3. The Morgan fingerprint density at radius 1 is 1.13 bits per heavy atom. The standard InChI is InChI=1S/C17H16N4O2/c1-12-8-16(20-23-12)19-17(22)13-9-15(11-18-10-13)21(2)14-6-4-3-5-7-14/h3-11H,1-2H3,(H,19,20,22). The number of carbonyl (C=O) groups is 1. The number of pyridine rings is 1. The molecule has 6 heteroatoms. The number of para-hydroxylation sites is 1. The van der Waals surface area contributed by atoms with Gasteiger partial charge in [0.2, 0.25) is 0 Å². The van der Waals surface area contributed by atoms with Crippen LogP contribution in [0.5, 0.6) is 0 Å². The lowest BCUT2D eigenvalue weighted by atomic mass is 10.2. The maximum atomic E-state index is 12.3. The van der Waals surface area contributed by atoms with Gasteiger partial charge in [-0.25, -0.2) is 0 Å². The van der Waals surface area contributed by atoms with Crippen LogP contribution in [-0.4, -0.2) is 23.1 Å². The lowest BCUT2D eigenvalue weighted by molar-refractivity contribution is 0.102. The van der Waals surface area contributed by atoms with E-state index in [0.29, 0.717) is 17.1 Å². The second-order valence-electron chi connectivity index (χ2n) is 5.10. The van der Waals surface area contributed by atoms with Gasteiger partial charge in [0.1, 0.15) is 5.76 Å². The van der Waals surface area contributed by atoms with Gasteiger partial charge in [-0.05, 0) is 25.1 Å². The Balaban J connectivity index is 1.80. The molecule has 0 saturated carbocycles. The smallest absolute Gasteiger partial charge is 0.258 e. The molecule has 0 aliphatic carbocycles. The summed E-state index contributed by atoms with van der Waals surface area (Å²) in [5.41, 5.74) is 2.28. The molecule has 2 heterocycles. The molecule has 23 heavy (non-hydrogen) atoms. The number of carbonyl (C=O) groups excluding carboxylic acids is 1. The monoisotopic (exact) mass is 308 g/mol. The van der Waals surface area contributed by atoms with Crippen molar-refractivity contribution in [1.29, 1.82) is 0 Å². The number of aryl methyl sites for hydroxylation is 1. The van der Waals surface area contributed by atoms with Crippen LogP contribution in [-0.2, 0) is 0 Å². The number of anilines is 3. The molecule has 3 aromatic rings. The van der Waals surface area contributed by atoms with E-state index in [-0.39, 0.29) is 5.91 Å². The van der Waals surface area contributed by atoms with Crippen molar-refractivity contribution in [2.24, 2.45) is 0 Å². The Morgan fingerprint density at radius 2 is 1.91 bits per heavy atom. The van der Waals surface area contributed by atoms with Gasteiger partial charge in [-0.15, -0.1) is 0 Å². The Bertz CT molecular complexity index is 814. The number of benzene rings is 1. The van der Waals surface area contributed by atoms with Crippen LogP contribution in [0.1, 0.15) is 16.1 Å². The van der Waals surface area contributed by atoms with Crippen LogP contribution >= 0.6 is 0 Å². The van der Waals surface area contributed by atoms with Gasteiger partial charge in [0.25, 0.3) is 5.91 Å². The summed E-state index contributed by atoms with van der Waals surface area (Å²) in [6, 6.07) is 13.3. The van der Waals surface area contributed by atoms with Crippen molar-refractivity contribution in [2.45, 2.75) is 6.92 Å². The van der Waals surface area contributed by atoms with E-state index in [9.17, 15) is 4.79 Å². The van der Waals surface area contributed by atoms with E-state index in [1.807, 2.05) is 42.3 Å². The number of hydrogen-bond acceptors (Lipinski definition) is 5. The lowest BCUT2D eigenvalue weighted by Gasteiger charge is -2.19. The molecule has 6 nitrogen and oxygen atoms in total. The summed E-state index contributed by atoms with van der Waals surface area (Å²) in [4.78, 5) is 18.4. The van der Waals surface area contributed by atoms with E-state index < -0.39 is 0 Å².